The third kappa shape index (κ3) is 3.91. The van der Waals surface area contributed by atoms with E-state index in [0.29, 0.717) is 4.43 Å². The van der Waals surface area contributed by atoms with Gasteiger partial charge in [-0.1, -0.05) is 22.6 Å². The van der Waals surface area contributed by atoms with Crippen molar-refractivity contribution in [3.05, 3.63) is 0 Å². The molecule has 0 saturated carbocycles. The summed E-state index contributed by atoms with van der Waals surface area (Å²) >= 11 is 3.51. The number of halogens is 6. The quantitative estimate of drug-likeness (QED) is 0.411. The van der Waals surface area contributed by atoms with Gasteiger partial charge in [-0.3, -0.25) is 0 Å². The van der Waals surface area contributed by atoms with Crippen molar-refractivity contribution in [2.45, 2.75) is 23.6 Å². The molecule has 0 nitrogen and oxygen atoms in total. The van der Waals surface area contributed by atoms with Gasteiger partial charge < -0.3 is 0 Å². The molecule has 0 aromatic rings. The number of rotatable bonds is 4. The summed E-state index contributed by atoms with van der Waals surface area (Å²) in [7, 11) is 0. The van der Waals surface area contributed by atoms with Crippen LogP contribution >= 0.6 is 38.5 Å². The van der Waals surface area contributed by atoms with Gasteiger partial charge in [0.15, 0.2) is 0 Å². The Balaban J connectivity index is 4.00. The average molecular weight is 349 g/mol. The molecule has 0 bridgehead atoms. The first-order valence-electron chi connectivity index (χ1n) is 2.82. The van der Waals surface area contributed by atoms with Gasteiger partial charge in [0.05, 0.1) is 0 Å². The maximum atomic E-state index is 12.3. The smallest absolute Gasteiger partial charge is 0.199 e. The Bertz CT molecular complexity index is 122. The van der Waals surface area contributed by atoms with E-state index in [4.69, 9.17) is 0 Å². The molecule has 6 heteroatoms. The monoisotopic (exact) mass is 348 g/mol. The van der Waals surface area contributed by atoms with E-state index >= 15 is 0 Å². The molecule has 0 saturated heterocycles. The normalized spacial score (nSPS) is 13.6. The zero-order chi connectivity index (χ0) is 9.12. The van der Waals surface area contributed by atoms with E-state index in [1.54, 1.807) is 15.9 Å². The topological polar surface area (TPSA) is 0 Å². The molecule has 0 aromatic carbocycles. The minimum atomic E-state index is -4.08. The fraction of sp³-hybridized carbons (Fsp3) is 1.00. The Morgan fingerprint density at radius 3 is 1.91 bits per heavy atom. The highest BCUT2D eigenvalue weighted by atomic mass is 127. The van der Waals surface area contributed by atoms with Gasteiger partial charge in [0.1, 0.15) is 0 Å². The lowest BCUT2D eigenvalue weighted by molar-refractivity contribution is -0.150. The van der Waals surface area contributed by atoms with Crippen molar-refractivity contribution in [2.75, 3.05) is 4.43 Å². The molecule has 0 aliphatic carbocycles. The number of alkyl halides is 6. The number of hydrogen-bond acceptors (Lipinski definition) is 0. The lowest BCUT2D eigenvalue weighted by atomic mass is 10.2. The zero-order valence-electron chi connectivity index (χ0n) is 5.39. The summed E-state index contributed by atoms with van der Waals surface area (Å²) in [6, 6.07) is 0. The Morgan fingerprint density at radius 2 is 1.64 bits per heavy atom. The maximum absolute atomic E-state index is 12.3. The molecule has 0 radical (unpaired) electrons. The highest BCUT2D eigenvalue weighted by molar-refractivity contribution is 14.1. The van der Waals surface area contributed by atoms with Crippen molar-refractivity contribution in [3.8, 4) is 0 Å². The summed E-state index contributed by atoms with van der Waals surface area (Å²) in [5.41, 5.74) is 0. The molecule has 0 fully saturated rings. The van der Waals surface area contributed by atoms with Crippen LogP contribution in [0.2, 0.25) is 0 Å². The van der Waals surface area contributed by atoms with Crippen molar-refractivity contribution in [2.24, 2.45) is 0 Å². The highest BCUT2D eigenvalue weighted by Gasteiger charge is 2.53. The Morgan fingerprint density at radius 1 is 1.18 bits per heavy atom. The van der Waals surface area contributed by atoms with Gasteiger partial charge in [-0.25, -0.2) is 0 Å². The molecular weight excluding hydrogens is 343 g/mol. The van der Waals surface area contributed by atoms with Crippen molar-refractivity contribution in [1.82, 2.24) is 0 Å². The van der Waals surface area contributed by atoms with Gasteiger partial charge >= 0.3 is 10.8 Å². The third-order valence-corrected chi connectivity index (χ3v) is 2.38. The summed E-state index contributed by atoms with van der Waals surface area (Å²) in [6.45, 7) is 0. The molecule has 0 aliphatic rings. The zero-order valence-corrected chi connectivity index (χ0v) is 9.13. The molecule has 0 spiro atoms. The van der Waals surface area contributed by atoms with E-state index in [1.807, 2.05) is 22.6 Å². The second-order valence-corrected chi connectivity index (χ2v) is 4.07. The molecule has 0 atom stereocenters. The van der Waals surface area contributed by atoms with Crippen LogP contribution in [0.5, 0.6) is 0 Å². The van der Waals surface area contributed by atoms with Gasteiger partial charge in [0.2, 0.25) is 0 Å². The average Bonchev–Trinajstić information content (AvgIpc) is 1.81. The van der Waals surface area contributed by atoms with Crippen LogP contribution in [0, 0.1) is 0 Å². The summed E-state index contributed by atoms with van der Waals surface area (Å²) in [6.07, 6.45) is -0.692. The molecule has 0 aliphatic heterocycles. The van der Waals surface area contributed by atoms with E-state index in [0.717, 1.165) is 0 Å². The first-order chi connectivity index (χ1) is 4.81. The van der Waals surface area contributed by atoms with Crippen LogP contribution in [0.3, 0.4) is 0 Å². The minimum Gasteiger partial charge on any atom is -0.199 e. The van der Waals surface area contributed by atoms with Crippen molar-refractivity contribution >= 4 is 38.5 Å². The van der Waals surface area contributed by atoms with Crippen LogP contribution in [-0.4, -0.2) is 15.2 Å². The Hall–Kier alpha value is 0.930. The highest BCUT2D eigenvalue weighted by Crippen LogP contribution is 2.42. The lowest BCUT2D eigenvalue weighted by Crippen LogP contribution is -2.34. The molecule has 0 rings (SSSR count). The second-order valence-electron chi connectivity index (χ2n) is 1.99. The maximum Gasteiger partial charge on any atom is 0.363 e. The molecule has 0 aromatic heterocycles. The van der Waals surface area contributed by atoms with Crippen LogP contribution in [0.1, 0.15) is 12.8 Å². The molecule has 0 heterocycles. The van der Waals surface area contributed by atoms with E-state index < -0.39 is 17.2 Å². The van der Waals surface area contributed by atoms with Crippen LogP contribution in [0.25, 0.3) is 0 Å². The fourth-order valence-corrected chi connectivity index (χ4v) is 1.01. The standard InChI is InChI=1S/C5H6BrF4I/c6-5(9,10)4(7,8)2-1-3-11/h1-3H2. The molecule has 68 valence electrons. The molecule has 0 N–H and O–H groups in total. The van der Waals surface area contributed by atoms with Crippen LogP contribution in [0.4, 0.5) is 17.6 Å². The van der Waals surface area contributed by atoms with E-state index in [2.05, 4.69) is 0 Å². The third-order valence-electron chi connectivity index (χ3n) is 1.04. The van der Waals surface area contributed by atoms with Crippen molar-refractivity contribution in [3.63, 3.8) is 0 Å². The molecule has 0 amide bonds. The van der Waals surface area contributed by atoms with Gasteiger partial charge in [-0.15, -0.1) is 0 Å². The largest absolute Gasteiger partial charge is 0.363 e. The molecule has 0 unspecified atom stereocenters. The van der Waals surface area contributed by atoms with E-state index in [-0.39, 0.29) is 6.42 Å². The van der Waals surface area contributed by atoms with E-state index in [1.165, 1.54) is 0 Å². The summed E-state index contributed by atoms with van der Waals surface area (Å²) < 4.78 is 49.1. The van der Waals surface area contributed by atoms with Gasteiger partial charge in [0, 0.05) is 6.42 Å². The van der Waals surface area contributed by atoms with Gasteiger partial charge in [0.25, 0.3) is 0 Å². The SMILES string of the molecule is FC(F)(Br)C(F)(F)CCCI. The summed E-state index contributed by atoms with van der Waals surface area (Å²) in [4.78, 5) is -4.08. The van der Waals surface area contributed by atoms with Gasteiger partial charge in [-0.05, 0) is 26.8 Å². The fourth-order valence-electron chi connectivity index (χ4n) is 0.431. The van der Waals surface area contributed by atoms with Gasteiger partial charge in [-0.2, -0.15) is 17.6 Å². The lowest BCUT2D eigenvalue weighted by Gasteiger charge is -2.20. The summed E-state index contributed by atoms with van der Waals surface area (Å²) in [5.74, 6) is -3.93. The predicted octanol–water partition coefficient (Wildman–Crippen LogP) is 3.82. The van der Waals surface area contributed by atoms with E-state index in [9.17, 15) is 17.6 Å². The van der Waals surface area contributed by atoms with Crippen LogP contribution in [-0.2, 0) is 0 Å². The van der Waals surface area contributed by atoms with Crippen molar-refractivity contribution in [1.29, 1.82) is 0 Å². The van der Waals surface area contributed by atoms with Crippen LogP contribution < -0.4 is 0 Å². The Labute approximate surface area is 84.0 Å². The summed E-state index contributed by atoms with van der Waals surface area (Å²) in [5, 5.41) is 0. The molecular formula is C5H6BrF4I. The van der Waals surface area contributed by atoms with Crippen LogP contribution in [0.15, 0.2) is 0 Å². The molecule has 11 heavy (non-hydrogen) atoms. The first kappa shape index (κ1) is 11.9. The second kappa shape index (κ2) is 4.25. The first-order valence-corrected chi connectivity index (χ1v) is 5.13. The Kier molecular flexibility index (Phi) is 4.61. The van der Waals surface area contributed by atoms with Crippen molar-refractivity contribution < 1.29 is 17.6 Å². The predicted molar refractivity (Wildman–Crippen MR) is 46.9 cm³/mol. The number of hydrogen-bond donors (Lipinski definition) is 0. The minimum absolute atomic E-state index is 0.0920.